The number of likely N-dealkylation sites (tertiary alicyclic amines) is 1. The Labute approximate surface area is 150 Å². The van der Waals surface area contributed by atoms with Crippen molar-refractivity contribution in [1.82, 2.24) is 10.2 Å². The van der Waals surface area contributed by atoms with Crippen LogP contribution in [0.3, 0.4) is 0 Å². The van der Waals surface area contributed by atoms with E-state index in [1.807, 2.05) is 12.1 Å². The smallest absolute Gasteiger partial charge is 0.173 e. The molecule has 1 N–H and O–H groups in total. The fourth-order valence-electron chi connectivity index (χ4n) is 3.06. The third-order valence-electron chi connectivity index (χ3n) is 4.54. The number of piperidine rings is 1. The minimum absolute atomic E-state index is 0.468. The van der Waals surface area contributed by atoms with Crippen LogP contribution in [-0.4, -0.2) is 36.2 Å². The van der Waals surface area contributed by atoms with Gasteiger partial charge in [0.25, 0.3) is 0 Å². The summed E-state index contributed by atoms with van der Waals surface area (Å²) in [7, 11) is 2.18. The summed E-state index contributed by atoms with van der Waals surface area (Å²) >= 11 is 5.77. The van der Waals surface area contributed by atoms with Crippen molar-refractivity contribution in [2.24, 2.45) is 0 Å². The van der Waals surface area contributed by atoms with Crippen molar-refractivity contribution in [2.75, 3.05) is 25.0 Å². The summed E-state index contributed by atoms with van der Waals surface area (Å²) < 4.78 is 0. The molecule has 1 aliphatic heterocycles. The molecule has 0 unspecified atom stereocenters. The Morgan fingerprint density at radius 2 is 1.62 bits per heavy atom. The molecule has 4 heteroatoms. The molecule has 0 aromatic heterocycles. The topological polar surface area (TPSA) is 18.5 Å². The molecule has 0 spiro atoms. The molecule has 0 atom stereocenters. The second-order valence-electron chi connectivity index (χ2n) is 6.43. The number of rotatable bonds is 4. The first kappa shape index (κ1) is 16.9. The minimum Gasteiger partial charge on any atom is -0.359 e. The van der Waals surface area contributed by atoms with Crippen LogP contribution in [0.4, 0.5) is 5.69 Å². The molecule has 1 heterocycles. The van der Waals surface area contributed by atoms with Crippen LogP contribution in [0.15, 0.2) is 60.7 Å². The maximum absolute atomic E-state index is 5.77. The minimum atomic E-state index is 0.468. The van der Waals surface area contributed by atoms with Crippen molar-refractivity contribution >= 4 is 23.0 Å². The van der Waals surface area contributed by atoms with Crippen LogP contribution in [0.1, 0.15) is 18.4 Å². The molecule has 1 fully saturated rings. The van der Waals surface area contributed by atoms with E-state index >= 15 is 0 Å². The van der Waals surface area contributed by atoms with E-state index in [0.29, 0.717) is 6.04 Å². The van der Waals surface area contributed by atoms with Gasteiger partial charge in [-0.05, 0) is 62.9 Å². The zero-order valence-electron chi connectivity index (χ0n) is 14.2. The number of nitrogens with one attached hydrogen (secondary N) is 1. The summed E-state index contributed by atoms with van der Waals surface area (Å²) in [5.41, 5.74) is 2.39. The van der Waals surface area contributed by atoms with Gasteiger partial charge in [0, 0.05) is 11.7 Å². The Morgan fingerprint density at radius 1 is 1.04 bits per heavy atom. The van der Waals surface area contributed by atoms with Crippen LogP contribution in [0, 0.1) is 0 Å². The summed E-state index contributed by atoms with van der Waals surface area (Å²) in [5, 5.41) is 4.41. The van der Waals surface area contributed by atoms with Crippen molar-refractivity contribution in [3.8, 4) is 0 Å². The van der Waals surface area contributed by atoms with Crippen LogP contribution < -0.4 is 10.2 Å². The van der Waals surface area contributed by atoms with Gasteiger partial charge in [0.2, 0.25) is 0 Å². The van der Waals surface area contributed by atoms with Gasteiger partial charge in [0.05, 0.1) is 6.54 Å². The van der Waals surface area contributed by atoms with Gasteiger partial charge in [-0.15, -0.1) is 0 Å². The quantitative estimate of drug-likeness (QED) is 0.857. The van der Waals surface area contributed by atoms with Gasteiger partial charge >= 0.3 is 0 Å². The number of benzene rings is 2. The average Bonchev–Trinajstić information content (AvgIpc) is 2.63. The highest BCUT2D eigenvalue weighted by molar-refractivity contribution is 7.80. The third kappa shape index (κ3) is 4.56. The monoisotopic (exact) mass is 339 g/mol. The van der Waals surface area contributed by atoms with Gasteiger partial charge in [0.15, 0.2) is 5.11 Å². The largest absolute Gasteiger partial charge is 0.359 e. The van der Waals surface area contributed by atoms with E-state index in [4.69, 9.17) is 12.2 Å². The lowest BCUT2D eigenvalue weighted by atomic mass is 10.1. The summed E-state index contributed by atoms with van der Waals surface area (Å²) in [6.45, 7) is 3.04. The van der Waals surface area contributed by atoms with Gasteiger partial charge in [0.1, 0.15) is 0 Å². The second-order valence-corrected chi connectivity index (χ2v) is 6.82. The van der Waals surface area contributed by atoms with E-state index in [0.717, 1.165) is 43.3 Å². The third-order valence-corrected chi connectivity index (χ3v) is 4.88. The van der Waals surface area contributed by atoms with E-state index in [1.54, 1.807) is 0 Å². The Hall–Kier alpha value is -1.91. The van der Waals surface area contributed by atoms with Crippen molar-refractivity contribution in [2.45, 2.75) is 25.4 Å². The molecular formula is C20H25N3S. The summed E-state index contributed by atoms with van der Waals surface area (Å²) in [5.74, 6) is 0. The van der Waals surface area contributed by atoms with Crippen LogP contribution in [-0.2, 0) is 6.54 Å². The molecule has 3 rings (SSSR count). The Kier molecular flexibility index (Phi) is 5.83. The van der Waals surface area contributed by atoms with E-state index in [2.05, 4.69) is 70.7 Å². The fraction of sp³-hybridized carbons (Fsp3) is 0.350. The second kappa shape index (κ2) is 8.27. The van der Waals surface area contributed by atoms with E-state index < -0.39 is 0 Å². The van der Waals surface area contributed by atoms with E-state index in [-0.39, 0.29) is 0 Å². The molecule has 126 valence electrons. The summed E-state index contributed by atoms with van der Waals surface area (Å²) in [6.07, 6.45) is 2.29. The predicted molar refractivity (Wildman–Crippen MR) is 105 cm³/mol. The number of hydrogen-bond acceptors (Lipinski definition) is 2. The molecule has 3 nitrogen and oxygen atoms in total. The number of hydrogen-bond donors (Lipinski definition) is 1. The SMILES string of the molecule is CN1CCC(NC(=S)N(Cc2ccccc2)c2ccccc2)CC1. The summed E-state index contributed by atoms with van der Waals surface area (Å²) in [4.78, 5) is 4.57. The van der Waals surface area contributed by atoms with Gasteiger partial charge in [-0.1, -0.05) is 48.5 Å². The van der Waals surface area contributed by atoms with Crippen LogP contribution >= 0.6 is 12.2 Å². The van der Waals surface area contributed by atoms with Crippen molar-refractivity contribution in [3.05, 3.63) is 66.2 Å². The predicted octanol–water partition coefficient (Wildman–Crippen LogP) is 3.66. The molecule has 0 aliphatic carbocycles. The van der Waals surface area contributed by atoms with E-state index in [1.165, 1.54) is 5.56 Å². The highest BCUT2D eigenvalue weighted by Crippen LogP contribution is 2.18. The molecule has 1 aliphatic rings. The first-order chi connectivity index (χ1) is 11.7. The Morgan fingerprint density at radius 3 is 2.25 bits per heavy atom. The van der Waals surface area contributed by atoms with Gasteiger partial charge in [-0.2, -0.15) is 0 Å². The standard InChI is InChI=1S/C20H25N3S/c1-22-14-12-18(13-15-22)21-20(24)23(19-10-6-3-7-11-19)16-17-8-4-2-5-9-17/h2-11,18H,12-16H2,1H3,(H,21,24). The Bertz CT molecular complexity index is 636. The van der Waals surface area contributed by atoms with Crippen LogP contribution in [0.2, 0.25) is 0 Å². The molecule has 1 saturated heterocycles. The summed E-state index contributed by atoms with van der Waals surface area (Å²) in [6, 6.07) is 21.4. The number of thiocarbonyl (C=S) groups is 1. The zero-order chi connectivity index (χ0) is 16.8. The lowest BCUT2D eigenvalue weighted by Crippen LogP contribution is -2.48. The van der Waals surface area contributed by atoms with Crippen molar-refractivity contribution < 1.29 is 0 Å². The maximum atomic E-state index is 5.77. The maximum Gasteiger partial charge on any atom is 0.173 e. The molecule has 0 radical (unpaired) electrons. The van der Waals surface area contributed by atoms with Crippen LogP contribution in [0.5, 0.6) is 0 Å². The molecular weight excluding hydrogens is 314 g/mol. The molecule has 0 amide bonds. The number of nitrogens with zero attached hydrogens (tertiary/aromatic N) is 2. The van der Waals surface area contributed by atoms with Crippen molar-refractivity contribution in [1.29, 1.82) is 0 Å². The lowest BCUT2D eigenvalue weighted by Gasteiger charge is -2.33. The van der Waals surface area contributed by atoms with Gasteiger partial charge in [-0.25, -0.2) is 0 Å². The van der Waals surface area contributed by atoms with E-state index in [9.17, 15) is 0 Å². The first-order valence-electron chi connectivity index (χ1n) is 8.58. The molecule has 0 bridgehead atoms. The average molecular weight is 340 g/mol. The highest BCUT2D eigenvalue weighted by Gasteiger charge is 2.20. The molecule has 0 saturated carbocycles. The molecule has 2 aromatic carbocycles. The van der Waals surface area contributed by atoms with Gasteiger partial charge in [-0.3, -0.25) is 0 Å². The highest BCUT2D eigenvalue weighted by atomic mass is 32.1. The Balaban J connectivity index is 1.73. The first-order valence-corrected chi connectivity index (χ1v) is 8.99. The molecule has 24 heavy (non-hydrogen) atoms. The van der Waals surface area contributed by atoms with Gasteiger partial charge < -0.3 is 15.1 Å². The van der Waals surface area contributed by atoms with Crippen molar-refractivity contribution in [3.63, 3.8) is 0 Å². The fourth-order valence-corrected chi connectivity index (χ4v) is 3.40. The lowest BCUT2D eigenvalue weighted by molar-refractivity contribution is 0.247. The number of para-hydroxylation sites is 1. The molecule has 2 aromatic rings. The number of anilines is 1. The zero-order valence-corrected chi connectivity index (χ0v) is 15.0. The normalized spacial score (nSPS) is 15.9. The van der Waals surface area contributed by atoms with Crippen LogP contribution in [0.25, 0.3) is 0 Å².